The summed E-state index contributed by atoms with van der Waals surface area (Å²) in [6.45, 7) is 0.509. The number of ether oxygens (including phenoxy) is 1. The molecule has 7 nitrogen and oxygen atoms in total. The molecule has 1 N–H and O–H groups in total. The van der Waals surface area contributed by atoms with Crippen LogP contribution in [0.3, 0.4) is 0 Å². The van der Waals surface area contributed by atoms with Crippen molar-refractivity contribution in [2.45, 2.75) is 13.2 Å². The van der Waals surface area contributed by atoms with Crippen LogP contribution in [0.25, 0.3) is 10.8 Å². The van der Waals surface area contributed by atoms with E-state index in [-0.39, 0.29) is 18.3 Å². The summed E-state index contributed by atoms with van der Waals surface area (Å²) in [5.74, 6) is 1.03. The van der Waals surface area contributed by atoms with Crippen molar-refractivity contribution in [1.29, 1.82) is 0 Å². The number of furan rings is 1. The first kappa shape index (κ1) is 22.0. The Balaban J connectivity index is 1.19. The number of halogens is 2. The van der Waals surface area contributed by atoms with Crippen molar-refractivity contribution in [1.82, 2.24) is 14.8 Å². The molecule has 0 fully saturated rings. The number of nitrogens with one attached hydrogen (secondary N) is 1. The number of hydrogen-bond acceptors (Lipinski definition) is 5. The van der Waals surface area contributed by atoms with Gasteiger partial charge in [-0.05, 0) is 47.2 Å². The molecule has 1 amide bonds. The molecule has 170 valence electrons. The second-order valence-electron chi connectivity index (χ2n) is 7.48. The van der Waals surface area contributed by atoms with Crippen molar-refractivity contribution in [2.24, 2.45) is 0 Å². The Morgan fingerprint density at radius 3 is 2.59 bits per heavy atom. The number of carbonyl (C=O) groups is 1. The minimum Gasteiger partial charge on any atom is -0.486 e. The number of amides is 1. The Kier molecular flexibility index (Phi) is 6.20. The zero-order chi connectivity index (χ0) is 23.5. The van der Waals surface area contributed by atoms with Crippen molar-refractivity contribution < 1.29 is 13.9 Å². The summed E-state index contributed by atoms with van der Waals surface area (Å²) in [5, 5.41) is 10.2. The molecule has 34 heavy (non-hydrogen) atoms. The molecule has 5 aromatic rings. The average molecular weight is 493 g/mol. The molecular formula is C25H18Cl2N4O3. The summed E-state index contributed by atoms with van der Waals surface area (Å²) in [6, 6.07) is 22.4. The molecule has 3 aromatic carbocycles. The van der Waals surface area contributed by atoms with Crippen LogP contribution in [0.2, 0.25) is 10.0 Å². The first-order valence-electron chi connectivity index (χ1n) is 10.4. The third-order valence-electron chi connectivity index (χ3n) is 5.13. The zero-order valence-electron chi connectivity index (χ0n) is 17.7. The van der Waals surface area contributed by atoms with Gasteiger partial charge in [-0.3, -0.25) is 10.1 Å². The summed E-state index contributed by atoms with van der Waals surface area (Å²) in [5.41, 5.74) is 0.718. The predicted molar refractivity (Wildman–Crippen MR) is 131 cm³/mol. The van der Waals surface area contributed by atoms with Crippen LogP contribution in [0.15, 0.2) is 83.5 Å². The lowest BCUT2D eigenvalue weighted by atomic mass is 10.1. The monoisotopic (exact) mass is 492 g/mol. The number of aromatic nitrogens is 3. The van der Waals surface area contributed by atoms with E-state index >= 15 is 0 Å². The summed E-state index contributed by atoms with van der Waals surface area (Å²) in [7, 11) is 0. The summed E-state index contributed by atoms with van der Waals surface area (Å²) in [4.78, 5) is 16.7. The highest BCUT2D eigenvalue weighted by Gasteiger charge is 2.15. The van der Waals surface area contributed by atoms with Crippen LogP contribution in [0.4, 0.5) is 5.95 Å². The van der Waals surface area contributed by atoms with Crippen molar-refractivity contribution in [3.63, 3.8) is 0 Å². The maximum Gasteiger partial charge on any atom is 0.293 e. The highest BCUT2D eigenvalue weighted by molar-refractivity contribution is 6.35. The lowest BCUT2D eigenvalue weighted by Gasteiger charge is -2.06. The third-order valence-corrected chi connectivity index (χ3v) is 5.84. The number of hydrogen-bond donors (Lipinski definition) is 1. The molecule has 0 atom stereocenters. The van der Waals surface area contributed by atoms with E-state index in [4.69, 9.17) is 32.4 Å². The Labute approximate surface area is 204 Å². The molecular weight excluding hydrogens is 475 g/mol. The van der Waals surface area contributed by atoms with Crippen molar-refractivity contribution >= 4 is 45.8 Å². The fraction of sp³-hybridized carbons (Fsp3) is 0.0800. The highest BCUT2D eigenvalue weighted by Crippen LogP contribution is 2.25. The van der Waals surface area contributed by atoms with Gasteiger partial charge in [0, 0.05) is 15.6 Å². The molecule has 0 bridgehead atoms. The molecule has 9 heteroatoms. The Morgan fingerprint density at radius 2 is 1.76 bits per heavy atom. The van der Waals surface area contributed by atoms with E-state index in [1.807, 2.05) is 42.5 Å². The first-order chi connectivity index (χ1) is 16.5. The van der Waals surface area contributed by atoms with Gasteiger partial charge >= 0.3 is 0 Å². The lowest BCUT2D eigenvalue weighted by Crippen LogP contribution is -2.12. The van der Waals surface area contributed by atoms with Gasteiger partial charge in [-0.2, -0.15) is 0 Å². The highest BCUT2D eigenvalue weighted by atomic mass is 35.5. The summed E-state index contributed by atoms with van der Waals surface area (Å²) in [6.07, 6.45) is 1.49. The van der Waals surface area contributed by atoms with E-state index < -0.39 is 5.91 Å². The molecule has 5 rings (SSSR count). The molecule has 0 aliphatic heterocycles. The third kappa shape index (κ3) is 4.90. The maximum atomic E-state index is 12.5. The van der Waals surface area contributed by atoms with Gasteiger partial charge in [-0.25, -0.2) is 9.67 Å². The Morgan fingerprint density at radius 1 is 0.971 bits per heavy atom. The average Bonchev–Trinajstić information content (AvgIpc) is 3.50. The van der Waals surface area contributed by atoms with Gasteiger partial charge in [0.1, 0.15) is 24.4 Å². The first-order valence-corrected chi connectivity index (χ1v) is 11.1. The second-order valence-corrected chi connectivity index (χ2v) is 8.30. The topological polar surface area (TPSA) is 82.2 Å². The molecule has 2 aromatic heterocycles. The zero-order valence-corrected chi connectivity index (χ0v) is 19.3. The predicted octanol–water partition coefficient (Wildman–Crippen LogP) is 6.21. The second kappa shape index (κ2) is 9.59. The van der Waals surface area contributed by atoms with E-state index in [1.54, 1.807) is 30.3 Å². The lowest BCUT2D eigenvalue weighted by molar-refractivity contribution is 0.0991. The number of anilines is 1. The van der Waals surface area contributed by atoms with Crippen LogP contribution in [-0.2, 0) is 13.2 Å². The molecule has 0 saturated heterocycles. The summed E-state index contributed by atoms with van der Waals surface area (Å²) >= 11 is 12.4. The van der Waals surface area contributed by atoms with Crippen molar-refractivity contribution in [3.8, 4) is 5.75 Å². The van der Waals surface area contributed by atoms with Crippen LogP contribution in [-0.4, -0.2) is 20.7 Å². The van der Waals surface area contributed by atoms with Crippen LogP contribution >= 0.6 is 23.2 Å². The number of carbonyl (C=O) groups excluding carboxylic acids is 1. The quantitative estimate of drug-likeness (QED) is 0.292. The molecule has 0 saturated carbocycles. The molecule has 0 aliphatic rings. The standard InChI is InChI=1S/C25H18Cl2N4O3/c26-21-6-3-7-22(27)20(21)13-31-15-28-25(30-31)29-24(32)23-11-10-19(34-23)14-33-18-9-8-16-4-1-2-5-17(16)12-18/h1-12,15H,13-14H2,(H,29,30,32). The largest absolute Gasteiger partial charge is 0.486 e. The molecule has 0 unspecified atom stereocenters. The normalized spacial score (nSPS) is 11.0. The molecule has 0 spiro atoms. The SMILES string of the molecule is O=C(Nc1ncn(Cc2c(Cl)cccc2Cl)n1)c1ccc(COc2ccc3ccccc3c2)o1. The molecule has 0 aliphatic carbocycles. The van der Waals surface area contributed by atoms with Gasteiger partial charge in [0.2, 0.25) is 5.95 Å². The number of nitrogens with zero attached hydrogens (tertiary/aromatic N) is 3. The van der Waals surface area contributed by atoms with Gasteiger partial charge in [-0.1, -0.05) is 59.6 Å². The number of rotatable bonds is 7. The number of fused-ring (bicyclic) bond motifs is 1. The van der Waals surface area contributed by atoms with E-state index in [0.717, 1.165) is 22.1 Å². The van der Waals surface area contributed by atoms with Crippen LogP contribution in [0.5, 0.6) is 5.75 Å². The van der Waals surface area contributed by atoms with E-state index in [1.165, 1.54) is 11.0 Å². The van der Waals surface area contributed by atoms with E-state index in [9.17, 15) is 4.79 Å². The maximum absolute atomic E-state index is 12.5. The Bertz CT molecular complexity index is 1460. The van der Waals surface area contributed by atoms with Gasteiger partial charge in [0.05, 0.1) is 6.54 Å². The van der Waals surface area contributed by atoms with Crippen molar-refractivity contribution in [3.05, 3.63) is 106 Å². The summed E-state index contributed by atoms with van der Waals surface area (Å²) < 4.78 is 13.0. The fourth-order valence-electron chi connectivity index (χ4n) is 3.43. The van der Waals surface area contributed by atoms with Gasteiger partial charge in [0.25, 0.3) is 5.91 Å². The van der Waals surface area contributed by atoms with Gasteiger partial charge < -0.3 is 9.15 Å². The van der Waals surface area contributed by atoms with Crippen LogP contribution in [0, 0.1) is 0 Å². The van der Waals surface area contributed by atoms with E-state index in [2.05, 4.69) is 15.4 Å². The Hall–Kier alpha value is -3.81. The van der Waals surface area contributed by atoms with Crippen LogP contribution in [0.1, 0.15) is 21.9 Å². The number of benzene rings is 3. The van der Waals surface area contributed by atoms with Gasteiger partial charge in [0.15, 0.2) is 5.76 Å². The van der Waals surface area contributed by atoms with Gasteiger partial charge in [-0.15, -0.1) is 5.10 Å². The van der Waals surface area contributed by atoms with Crippen LogP contribution < -0.4 is 10.1 Å². The minimum absolute atomic E-state index is 0.127. The molecule has 2 heterocycles. The molecule has 0 radical (unpaired) electrons. The fourth-order valence-corrected chi connectivity index (χ4v) is 3.94. The van der Waals surface area contributed by atoms with Crippen molar-refractivity contribution in [2.75, 3.05) is 5.32 Å². The van der Waals surface area contributed by atoms with E-state index in [0.29, 0.717) is 22.4 Å². The minimum atomic E-state index is -0.467. The smallest absolute Gasteiger partial charge is 0.293 e.